The van der Waals surface area contributed by atoms with Crippen molar-refractivity contribution in [3.05, 3.63) is 59.7 Å². The van der Waals surface area contributed by atoms with Crippen molar-refractivity contribution in [2.75, 3.05) is 48.0 Å². The Morgan fingerprint density at radius 2 is 1.26 bits per heavy atom. The number of halogens is 2. The van der Waals surface area contributed by atoms with Crippen molar-refractivity contribution in [2.24, 2.45) is 5.73 Å². The Morgan fingerprint density at radius 1 is 0.853 bits per heavy atom. The summed E-state index contributed by atoms with van der Waals surface area (Å²) in [5.41, 5.74) is 8.92. The van der Waals surface area contributed by atoms with Crippen LogP contribution in [0.3, 0.4) is 0 Å². The lowest BCUT2D eigenvalue weighted by Crippen LogP contribution is -3.00. The fourth-order valence-corrected chi connectivity index (χ4v) is 4.14. The highest BCUT2D eigenvalue weighted by atomic mass is 35.5. The number of quaternary nitrogens is 1. The van der Waals surface area contributed by atoms with E-state index in [0.717, 1.165) is 61.3 Å². The summed E-state index contributed by atoms with van der Waals surface area (Å²) < 4.78 is 16.1. The van der Waals surface area contributed by atoms with E-state index in [2.05, 4.69) is 31.3 Å². The second-order valence-electron chi connectivity index (χ2n) is 8.69. The molecule has 0 fully saturated rings. The number of carbonyl (C=O) groups is 1. The normalized spacial score (nSPS) is 11.6. The molecule has 2 rings (SSSR count). The van der Waals surface area contributed by atoms with Crippen LogP contribution < -0.4 is 27.6 Å². The van der Waals surface area contributed by atoms with Gasteiger partial charge in [-0.2, -0.15) is 0 Å². The second-order valence-corrected chi connectivity index (χ2v) is 8.69. The third kappa shape index (κ3) is 11.4. The number of carbonyl (C=O) groups excluding carboxylic acids is 1. The summed E-state index contributed by atoms with van der Waals surface area (Å²) in [5, 5.41) is 0. The molecule has 34 heavy (non-hydrogen) atoms. The van der Waals surface area contributed by atoms with E-state index in [0.29, 0.717) is 0 Å². The van der Waals surface area contributed by atoms with Crippen molar-refractivity contribution in [1.29, 1.82) is 0 Å². The molecule has 0 amide bonds. The number of hydrogen-bond acceptors (Lipinski definition) is 5. The number of methoxy groups -OCH3 is 3. The van der Waals surface area contributed by atoms with Gasteiger partial charge in [-0.1, -0.05) is 24.3 Å². The zero-order valence-corrected chi connectivity index (χ0v) is 22.4. The SMILES string of the molecule is COC(=O)C[C@@H](N)C[N+](C)(CCCc1ccc(OC)cc1)CCCc1ccc(OC)cc1.Cl.[Cl-]. The molecule has 2 aromatic rings. The minimum Gasteiger partial charge on any atom is -1.00 e. The van der Waals surface area contributed by atoms with Gasteiger partial charge in [-0.25, -0.2) is 0 Å². The number of benzene rings is 2. The summed E-state index contributed by atoms with van der Waals surface area (Å²) >= 11 is 0. The average Bonchev–Trinajstić information content (AvgIpc) is 2.79. The summed E-state index contributed by atoms with van der Waals surface area (Å²) in [5.74, 6) is 1.50. The van der Waals surface area contributed by atoms with Gasteiger partial charge in [0.05, 0.1) is 60.5 Å². The van der Waals surface area contributed by atoms with Crippen LogP contribution in [0.15, 0.2) is 48.5 Å². The minimum atomic E-state index is -0.250. The monoisotopic (exact) mass is 514 g/mol. The van der Waals surface area contributed by atoms with E-state index in [1.807, 2.05) is 24.3 Å². The van der Waals surface area contributed by atoms with Crippen molar-refractivity contribution >= 4 is 18.4 Å². The molecule has 0 saturated carbocycles. The molecule has 8 heteroatoms. The third-order valence-corrected chi connectivity index (χ3v) is 5.98. The Hall–Kier alpha value is -1.99. The Bertz CT molecular complexity index is 763. The maximum absolute atomic E-state index is 11.7. The van der Waals surface area contributed by atoms with E-state index < -0.39 is 0 Å². The average molecular weight is 516 g/mol. The molecule has 192 valence electrons. The van der Waals surface area contributed by atoms with Crippen molar-refractivity contribution in [3.63, 3.8) is 0 Å². The third-order valence-electron chi connectivity index (χ3n) is 5.98. The molecule has 0 spiro atoms. The largest absolute Gasteiger partial charge is 1.00 e. The van der Waals surface area contributed by atoms with Gasteiger partial charge in [0.1, 0.15) is 11.5 Å². The van der Waals surface area contributed by atoms with Crippen LogP contribution in [0.25, 0.3) is 0 Å². The molecule has 0 saturated heterocycles. The zero-order chi connectivity index (χ0) is 23.4. The molecular formula is C26H40Cl2N2O4. The maximum Gasteiger partial charge on any atom is 0.307 e. The molecule has 0 aliphatic heterocycles. The first-order chi connectivity index (χ1) is 15.4. The maximum atomic E-state index is 11.7. The Balaban J connectivity index is 0.00000544. The lowest BCUT2D eigenvalue weighted by Gasteiger charge is -2.37. The van der Waals surface area contributed by atoms with Gasteiger partial charge in [0, 0.05) is 12.8 Å². The summed E-state index contributed by atoms with van der Waals surface area (Å²) in [7, 11) is 7.02. The van der Waals surface area contributed by atoms with Gasteiger partial charge >= 0.3 is 5.97 Å². The number of esters is 1. The van der Waals surface area contributed by atoms with Crippen LogP contribution in [0.1, 0.15) is 30.4 Å². The summed E-state index contributed by atoms with van der Waals surface area (Å²) in [6.07, 6.45) is 4.36. The lowest BCUT2D eigenvalue weighted by atomic mass is 10.1. The molecular weight excluding hydrogens is 475 g/mol. The van der Waals surface area contributed by atoms with Gasteiger partial charge in [-0.15, -0.1) is 12.4 Å². The number of nitrogens with zero attached hydrogens (tertiary/aromatic N) is 1. The standard InChI is InChI=1S/C26H39N2O4.2ClH/c1-28(20-23(27)19-26(29)32-4,17-5-7-21-9-13-24(30-2)14-10-21)18-6-8-22-11-15-25(31-3)16-12-22;;/h9-16,23H,5-8,17-20,27H2,1-4H3;2*1H/q+1;;/p-1/t23-;;/m1../s1. The Labute approximate surface area is 217 Å². The van der Waals surface area contributed by atoms with E-state index in [-0.39, 0.29) is 43.2 Å². The lowest BCUT2D eigenvalue weighted by molar-refractivity contribution is -0.910. The molecule has 0 radical (unpaired) electrons. The molecule has 0 unspecified atom stereocenters. The molecule has 0 aromatic heterocycles. The molecule has 1 atom stereocenters. The van der Waals surface area contributed by atoms with Crippen molar-refractivity contribution < 1.29 is 35.9 Å². The number of hydrogen-bond donors (Lipinski definition) is 1. The summed E-state index contributed by atoms with van der Waals surface area (Å²) in [6.45, 7) is 2.76. The fraction of sp³-hybridized carbons (Fsp3) is 0.500. The highest BCUT2D eigenvalue weighted by Gasteiger charge is 2.26. The first-order valence-electron chi connectivity index (χ1n) is 11.3. The smallest absolute Gasteiger partial charge is 0.307 e. The predicted octanol–water partition coefficient (Wildman–Crippen LogP) is 1.03. The van der Waals surface area contributed by atoms with Gasteiger partial charge in [-0.3, -0.25) is 4.79 Å². The van der Waals surface area contributed by atoms with E-state index >= 15 is 0 Å². The molecule has 6 nitrogen and oxygen atoms in total. The molecule has 0 bridgehead atoms. The van der Waals surface area contributed by atoms with Crippen LogP contribution in [0.4, 0.5) is 0 Å². The quantitative estimate of drug-likeness (QED) is 0.301. The summed E-state index contributed by atoms with van der Waals surface area (Å²) in [6, 6.07) is 16.3. The topological polar surface area (TPSA) is 70.8 Å². The molecule has 0 heterocycles. The fourth-order valence-electron chi connectivity index (χ4n) is 4.14. The van der Waals surface area contributed by atoms with E-state index in [1.54, 1.807) is 14.2 Å². The highest BCUT2D eigenvalue weighted by molar-refractivity contribution is 5.85. The van der Waals surface area contributed by atoms with Gasteiger partial charge < -0.3 is 36.8 Å². The van der Waals surface area contributed by atoms with Crippen molar-refractivity contribution in [1.82, 2.24) is 0 Å². The van der Waals surface area contributed by atoms with Crippen LogP contribution in [0.5, 0.6) is 11.5 Å². The minimum absolute atomic E-state index is 0. The summed E-state index contributed by atoms with van der Waals surface area (Å²) in [4.78, 5) is 11.7. The van der Waals surface area contributed by atoms with Crippen LogP contribution in [-0.2, 0) is 22.4 Å². The number of aryl methyl sites for hydroxylation is 2. The van der Waals surface area contributed by atoms with Crippen LogP contribution in [-0.4, -0.2) is 64.5 Å². The first kappa shape index (κ1) is 32.0. The van der Waals surface area contributed by atoms with Gasteiger partial charge in [0.2, 0.25) is 0 Å². The second kappa shape index (κ2) is 16.6. The zero-order valence-electron chi connectivity index (χ0n) is 20.8. The van der Waals surface area contributed by atoms with E-state index in [1.165, 1.54) is 18.2 Å². The van der Waals surface area contributed by atoms with E-state index in [4.69, 9.17) is 19.9 Å². The van der Waals surface area contributed by atoms with Gasteiger partial charge in [0.25, 0.3) is 0 Å². The molecule has 0 aliphatic carbocycles. The number of likely N-dealkylation sites (N-methyl/N-ethyl adjacent to an activating group) is 1. The van der Waals surface area contributed by atoms with Crippen LogP contribution in [0.2, 0.25) is 0 Å². The molecule has 2 N–H and O–H groups in total. The highest BCUT2D eigenvalue weighted by Crippen LogP contribution is 2.17. The van der Waals surface area contributed by atoms with Crippen LogP contribution >= 0.6 is 12.4 Å². The van der Waals surface area contributed by atoms with Crippen molar-refractivity contribution in [3.8, 4) is 11.5 Å². The first-order valence-corrected chi connectivity index (χ1v) is 11.3. The van der Waals surface area contributed by atoms with E-state index in [9.17, 15) is 4.79 Å². The Morgan fingerprint density at radius 3 is 1.62 bits per heavy atom. The number of nitrogens with two attached hydrogens (primary N) is 1. The predicted molar refractivity (Wildman–Crippen MR) is 135 cm³/mol. The Kier molecular flexibility index (Phi) is 15.6. The number of ether oxygens (including phenoxy) is 3. The van der Waals surface area contributed by atoms with Crippen LogP contribution in [0, 0.1) is 0 Å². The molecule has 2 aromatic carbocycles. The van der Waals surface area contributed by atoms with Gasteiger partial charge in [-0.05, 0) is 48.2 Å². The molecule has 0 aliphatic rings. The number of rotatable bonds is 14. The van der Waals surface area contributed by atoms with Crippen molar-refractivity contribution in [2.45, 2.75) is 38.1 Å². The van der Waals surface area contributed by atoms with Gasteiger partial charge in [0.15, 0.2) is 0 Å².